The predicted molar refractivity (Wildman–Crippen MR) is 74.4 cm³/mol. The van der Waals surface area contributed by atoms with Crippen LogP contribution in [0.15, 0.2) is 28.9 Å². The maximum Gasteiger partial charge on any atom is 0.0542 e. The number of hydrogen-bond acceptors (Lipinski definition) is 2. The van der Waals surface area contributed by atoms with Crippen LogP contribution in [0, 0.1) is 6.92 Å². The molecular weight excluding hydrogens is 302 g/mol. The summed E-state index contributed by atoms with van der Waals surface area (Å²) in [7, 11) is 1.94. The van der Waals surface area contributed by atoms with E-state index in [1.165, 1.54) is 5.56 Å². The minimum Gasteiger partial charge on any atom is -0.380 e. The normalized spacial score (nSPS) is 10.6. The van der Waals surface area contributed by atoms with E-state index in [9.17, 15) is 0 Å². The summed E-state index contributed by atoms with van der Waals surface area (Å²) in [6, 6.07) is 5.68. The lowest BCUT2D eigenvalue weighted by Crippen LogP contribution is -2.02. The van der Waals surface area contributed by atoms with E-state index in [-0.39, 0.29) is 0 Å². The molecule has 3 nitrogen and oxygen atoms in total. The number of aromatic nitrogens is 2. The molecule has 5 heteroatoms. The van der Waals surface area contributed by atoms with Crippen LogP contribution in [-0.4, -0.2) is 9.78 Å². The lowest BCUT2D eigenvalue weighted by molar-refractivity contribution is 0.738. The van der Waals surface area contributed by atoms with E-state index in [4.69, 9.17) is 11.6 Å². The van der Waals surface area contributed by atoms with Crippen molar-refractivity contribution in [2.75, 3.05) is 5.32 Å². The average Bonchev–Trinajstić information content (AvgIpc) is 2.62. The van der Waals surface area contributed by atoms with Gasteiger partial charge >= 0.3 is 0 Å². The Labute approximate surface area is 114 Å². The Morgan fingerprint density at radius 3 is 2.88 bits per heavy atom. The van der Waals surface area contributed by atoms with E-state index in [1.807, 2.05) is 36.1 Å². The van der Waals surface area contributed by atoms with Gasteiger partial charge in [0.15, 0.2) is 0 Å². The zero-order valence-corrected chi connectivity index (χ0v) is 12.0. The summed E-state index contributed by atoms with van der Waals surface area (Å²) < 4.78 is 2.87. The molecule has 1 aromatic carbocycles. The number of aryl methyl sites for hydroxylation is 1. The maximum atomic E-state index is 5.96. The van der Waals surface area contributed by atoms with Crippen LogP contribution in [-0.2, 0) is 13.6 Å². The van der Waals surface area contributed by atoms with Crippen LogP contribution in [0.25, 0.3) is 0 Å². The van der Waals surface area contributed by atoms with E-state index in [2.05, 4.69) is 33.3 Å². The molecule has 17 heavy (non-hydrogen) atoms. The zero-order valence-electron chi connectivity index (χ0n) is 9.67. The molecule has 0 spiro atoms. The Morgan fingerprint density at radius 1 is 1.47 bits per heavy atom. The molecule has 0 saturated heterocycles. The molecule has 1 heterocycles. The van der Waals surface area contributed by atoms with Crippen molar-refractivity contribution >= 4 is 33.2 Å². The van der Waals surface area contributed by atoms with Gasteiger partial charge in [-0.05, 0) is 41.1 Å². The van der Waals surface area contributed by atoms with Gasteiger partial charge in [-0.3, -0.25) is 4.68 Å². The molecule has 0 radical (unpaired) electrons. The van der Waals surface area contributed by atoms with Crippen molar-refractivity contribution in [2.24, 2.45) is 7.05 Å². The maximum absolute atomic E-state index is 5.96. The summed E-state index contributed by atoms with van der Waals surface area (Å²) in [5.74, 6) is 0. The van der Waals surface area contributed by atoms with Crippen LogP contribution in [0.3, 0.4) is 0 Å². The largest absolute Gasteiger partial charge is 0.380 e. The molecule has 0 aliphatic carbocycles. The highest BCUT2D eigenvalue weighted by Gasteiger charge is 2.05. The van der Waals surface area contributed by atoms with Gasteiger partial charge in [0.25, 0.3) is 0 Å². The minimum absolute atomic E-state index is 0.721. The Kier molecular flexibility index (Phi) is 3.74. The first-order valence-electron chi connectivity index (χ1n) is 5.24. The third kappa shape index (κ3) is 2.82. The van der Waals surface area contributed by atoms with Crippen molar-refractivity contribution in [3.05, 3.63) is 45.1 Å². The number of nitrogens with zero attached hydrogens (tertiary/aromatic N) is 2. The number of nitrogens with one attached hydrogen (secondary N) is 1. The van der Waals surface area contributed by atoms with Gasteiger partial charge in [0, 0.05) is 34.3 Å². The van der Waals surface area contributed by atoms with E-state index in [0.717, 1.165) is 27.4 Å². The second-order valence-electron chi connectivity index (χ2n) is 3.86. The van der Waals surface area contributed by atoms with Gasteiger partial charge in [0.05, 0.1) is 11.9 Å². The van der Waals surface area contributed by atoms with E-state index >= 15 is 0 Å². The van der Waals surface area contributed by atoms with E-state index in [1.54, 1.807) is 0 Å². The van der Waals surface area contributed by atoms with Crippen molar-refractivity contribution in [1.29, 1.82) is 0 Å². The molecule has 0 unspecified atom stereocenters. The van der Waals surface area contributed by atoms with Crippen molar-refractivity contribution < 1.29 is 0 Å². The summed E-state index contributed by atoms with van der Waals surface area (Å²) in [6.07, 6.45) is 1.88. The number of halogens is 2. The number of hydrogen-bond donors (Lipinski definition) is 1. The lowest BCUT2D eigenvalue weighted by Gasteiger charge is -2.08. The van der Waals surface area contributed by atoms with Gasteiger partial charge in [0.2, 0.25) is 0 Å². The van der Waals surface area contributed by atoms with Gasteiger partial charge < -0.3 is 5.32 Å². The van der Waals surface area contributed by atoms with Crippen molar-refractivity contribution in [1.82, 2.24) is 9.78 Å². The Balaban J connectivity index is 2.12. The van der Waals surface area contributed by atoms with Crippen LogP contribution >= 0.6 is 27.5 Å². The highest BCUT2D eigenvalue weighted by atomic mass is 79.9. The molecule has 1 aromatic heterocycles. The zero-order chi connectivity index (χ0) is 12.4. The summed E-state index contributed by atoms with van der Waals surface area (Å²) >= 11 is 9.44. The molecule has 90 valence electrons. The smallest absolute Gasteiger partial charge is 0.0542 e. The molecule has 2 rings (SSSR count). The topological polar surface area (TPSA) is 29.9 Å². The number of benzene rings is 1. The molecule has 0 bridgehead atoms. The van der Waals surface area contributed by atoms with Crippen molar-refractivity contribution in [2.45, 2.75) is 13.5 Å². The van der Waals surface area contributed by atoms with Gasteiger partial charge in [-0.25, -0.2) is 0 Å². The molecule has 0 aliphatic rings. The summed E-state index contributed by atoms with van der Waals surface area (Å²) in [6.45, 7) is 2.79. The molecule has 0 aliphatic heterocycles. The average molecular weight is 315 g/mol. The van der Waals surface area contributed by atoms with Gasteiger partial charge in [-0.15, -0.1) is 0 Å². The molecule has 0 saturated carbocycles. The van der Waals surface area contributed by atoms with Crippen molar-refractivity contribution in [3.63, 3.8) is 0 Å². The fourth-order valence-corrected chi connectivity index (χ4v) is 2.10. The Hall–Kier alpha value is -1.00. The van der Waals surface area contributed by atoms with Crippen LogP contribution < -0.4 is 5.32 Å². The third-order valence-electron chi connectivity index (χ3n) is 2.73. The van der Waals surface area contributed by atoms with Gasteiger partial charge in [0.1, 0.15) is 0 Å². The molecule has 2 aromatic rings. The van der Waals surface area contributed by atoms with Crippen LogP contribution in [0.5, 0.6) is 0 Å². The molecule has 1 N–H and O–H groups in total. The highest BCUT2D eigenvalue weighted by Crippen LogP contribution is 2.26. The Bertz CT molecular complexity index is 537. The first kappa shape index (κ1) is 12.5. The van der Waals surface area contributed by atoms with E-state index < -0.39 is 0 Å². The van der Waals surface area contributed by atoms with Crippen LogP contribution in [0.2, 0.25) is 5.02 Å². The Morgan fingerprint density at radius 2 is 2.24 bits per heavy atom. The van der Waals surface area contributed by atoms with Crippen molar-refractivity contribution in [3.8, 4) is 0 Å². The summed E-state index contributed by atoms with van der Waals surface area (Å²) in [5.41, 5.74) is 3.33. The van der Waals surface area contributed by atoms with Gasteiger partial charge in [-0.1, -0.05) is 11.6 Å². The number of rotatable bonds is 3. The SMILES string of the molecule is Cc1c(CNc2cc(Cl)ccc2Br)cnn1C. The molecule has 0 fully saturated rings. The quantitative estimate of drug-likeness (QED) is 0.935. The lowest BCUT2D eigenvalue weighted by atomic mass is 10.2. The summed E-state index contributed by atoms with van der Waals surface area (Å²) in [5, 5.41) is 8.27. The minimum atomic E-state index is 0.721. The van der Waals surface area contributed by atoms with Gasteiger partial charge in [-0.2, -0.15) is 5.10 Å². The second-order valence-corrected chi connectivity index (χ2v) is 5.15. The third-order valence-corrected chi connectivity index (χ3v) is 3.66. The van der Waals surface area contributed by atoms with Crippen LogP contribution in [0.4, 0.5) is 5.69 Å². The van der Waals surface area contributed by atoms with Crippen LogP contribution in [0.1, 0.15) is 11.3 Å². The molecule has 0 amide bonds. The monoisotopic (exact) mass is 313 g/mol. The first-order valence-corrected chi connectivity index (χ1v) is 6.41. The first-order chi connectivity index (χ1) is 8.08. The standard InChI is InChI=1S/C12H13BrClN3/c1-8-9(7-16-17(8)2)6-15-12-5-10(14)3-4-11(12)13/h3-5,7,15H,6H2,1-2H3. The fraction of sp³-hybridized carbons (Fsp3) is 0.250. The van der Waals surface area contributed by atoms with E-state index in [0.29, 0.717) is 0 Å². The molecule has 0 atom stereocenters. The summed E-state index contributed by atoms with van der Waals surface area (Å²) in [4.78, 5) is 0. The predicted octanol–water partition coefficient (Wildman–Crippen LogP) is 3.76. The number of anilines is 1. The highest BCUT2D eigenvalue weighted by molar-refractivity contribution is 9.10. The second kappa shape index (κ2) is 5.10. The fourth-order valence-electron chi connectivity index (χ4n) is 1.54. The molecular formula is C12H13BrClN3.